The van der Waals surface area contributed by atoms with E-state index in [4.69, 9.17) is 9.47 Å². The van der Waals surface area contributed by atoms with Gasteiger partial charge in [0.05, 0.1) is 17.8 Å². The number of aromatic nitrogens is 1. The average molecular weight is 221 g/mol. The summed E-state index contributed by atoms with van der Waals surface area (Å²) < 4.78 is 11.1. The summed E-state index contributed by atoms with van der Waals surface area (Å²) in [7, 11) is 0. The van der Waals surface area contributed by atoms with Crippen LogP contribution in [0, 0.1) is 0 Å². The monoisotopic (exact) mass is 221 g/mol. The van der Waals surface area contributed by atoms with Gasteiger partial charge < -0.3 is 9.47 Å². The van der Waals surface area contributed by atoms with Gasteiger partial charge >= 0.3 is 0 Å². The topological polar surface area (TPSA) is 48.4 Å². The highest BCUT2D eigenvalue weighted by molar-refractivity contribution is 5.78. The van der Waals surface area contributed by atoms with E-state index in [0.29, 0.717) is 17.2 Å². The van der Waals surface area contributed by atoms with E-state index in [1.165, 1.54) is 6.20 Å². The summed E-state index contributed by atoms with van der Waals surface area (Å²) in [5, 5.41) is 0. The Morgan fingerprint density at radius 2 is 2.25 bits per heavy atom. The maximum Gasteiger partial charge on any atom is 0.217 e. The van der Waals surface area contributed by atoms with Gasteiger partial charge in [-0.3, -0.25) is 4.79 Å². The zero-order valence-electron chi connectivity index (χ0n) is 9.47. The second kappa shape index (κ2) is 4.51. The van der Waals surface area contributed by atoms with Gasteiger partial charge in [-0.1, -0.05) is 0 Å². The van der Waals surface area contributed by atoms with E-state index in [1.807, 2.05) is 13.8 Å². The van der Waals surface area contributed by atoms with Crippen LogP contribution in [0.5, 0.6) is 11.6 Å². The molecule has 1 fully saturated rings. The van der Waals surface area contributed by atoms with Crippen LogP contribution in [0.3, 0.4) is 0 Å². The minimum Gasteiger partial charge on any atom is -0.489 e. The lowest BCUT2D eigenvalue weighted by Crippen LogP contribution is -2.08. The van der Waals surface area contributed by atoms with Crippen LogP contribution in [0.1, 0.15) is 37.0 Å². The van der Waals surface area contributed by atoms with Crippen molar-refractivity contribution in [2.24, 2.45) is 0 Å². The molecule has 4 heteroatoms. The molecule has 0 saturated heterocycles. The Labute approximate surface area is 94.6 Å². The van der Waals surface area contributed by atoms with Gasteiger partial charge in [-0.25, -0.2) is 4.98 Å². The molecule has 1 aliphatic carbocycles. The molecule has 1 saturated carbocycles. The third-order valence-electron chi connectivity index (χ3n) is 2.17. The molecular weight excluding hydrogens is 206 g/mol. The maximum absolute atomic E-state index is 10.8. The molecule has 0 atom stereocenters. The Morgan fingerprint density at radius 1 is 1.50 bits per heavy atom. The summed E-state index contributed by atoms with van der Waals surface area (Å²) in [4.78, 5) is 14.8. The number of hydrogen-bond acceptors (Lipinski definition) is 4. The van der Waals surface area contributed by atoms with Crippen molar-refractivity contribution in [2.75, 3.05) is 0 Å². The van der Waals surface area contributed by atoms with Gasteiger partial charge in [-0.2, -0.15) is 0 Å². The normalized spacial score (nSPS) is 14.9. The van der Waals surface area contributed by atoms with Crippen molar-refractivity contribution < 1.29 is 14.3 Å². The summed E-state index contributed by atoms with van der Waals surface area (Å²) >= 11 is 0. The molecule has 4 nitrogen and oxygen atoms in total. The molecule has 1 aromatic heterocycles. The highest BCUT2D eigenvalue weighted by Crippen LogP contribution is 2.30. The first kappa shape index (κ1) is 10.9. The Morgan fingerprint density at radius 3 is 2.81 bits per heavy atom. The van der Waals surface area contributed by atoms with E-state index in [9.17, 15) is 4.79 Å². The predicted octanol–water partition coefficient (Wildman–Crippen LogP) is 2.22. The van der Waals surface area contributed by atoms with Gasteiger partial charge in [0.15, 0.2) is 6.29 Å². The number of nitrogens with zero attached hydrogens (tertiary/aromatic N) is 1. The minimum atomic E-state index is 0.0587. The van der Waals surface area contributed by atoms with Crippen LogP contribution in [-0.2, 0) is 0 Å². The molecule has 1 aliphatic rings. The van der Waals surface area contributed by atoms with Crippen LogP contribution in [-0.4, -0.2) is 23.5 Å². The molecule has 0 amide bonds. The first-order valence-electron chi connectivity index (χ1n) is 5.47. The van der Waals surface area contributed by atoms with E-state index in [-0.39, 0.29) is 12.2 Å². The number of aldehydes is 1. The van der Waals surface area contributed by atoms with Crippen molar-refractivity contribution in [3.05, 3.63) is 17.8 Å². The second-order valence-corrected chi connectivity index (χ2v) is 4.16. The average Bonchev–Trinajstić information content (AvgIpc) is 3.01. The second-order valence-electron chi connectivity index (χ2n) is 4.16. The number of carbonyl (C=O) groups excluding carboxylic acids is 1. The number of carbonyl (C=O) groups is 1. The predicted molar refractivity (Wildman–Crippen MR) is 59.0 cm³/mol. The van der Waals surface area contributed by atoms with Crippen molar-refractivity contribution in [1.29, 1.82) is 0 Å². The number of hydrogen-bond donors (Lipinski definition) is 0. The van der Waals surface area contributed by atoms with Crippen molar-refractivity contribution in [3.8, 4) is 11.6 Å². The maximum atomic E-state index is 10.8. The van der Waals surface area contributed by atoms with Gasteiger partial charge in [0.1, 0.15) is 5.75 Å². The highest BCUT2D eigenvalue weighted by Gasteiger charge is 2.25. The summed E-state index contributed by atoms with van der Waals surface area (Å²) in [6.45, 7) is 3.85. The zero-order chi connectivity index (χ0) is 11.5. The fourth-order valence-electron chi connectivity index (χ4n) is 1.29. The van der Waals surface area contributed by atoms with E-state index < -0.39 is 0 Å². The molecule has 0 unspecified atom stereocenters. The molecular formula is C12H15NO3. The Kier molecular flexibility index (Phi) is 3.08. The molecule has 1 aromatic rings. The summed E-state index contributed by atoms with van der Waals surface area (Å²) in [5.74, 6) is 1.07. The van der Waals surface area contributed by atoms with Gasteiger partial charge in [-0.05, 0) is 26.7 Å². The summed E-state index contributed by atoms with van der Waals surface area (Å²) in [6.07, 6.45) is 4.67. The van der Waals surface area contributed by atoms with E-state index in [0.717, 1.165) is 19.1 Å². The number of ether oxygens (including phenoxy) is 2. The Balaban J connectivity index is 2.19. The van der Waals surface area contributed by atoms with Crippen LogP contribution >= 0.6 is 0 Å². The molecule has 0 spiro atoms. The molecule has 0 bridgehead atoms. The van der Waals surface area contributed by atoms with Crippen molar-refractivity contribution in [1.82, 2.24) is 4.98 Å². The third kappa shape index (κ3) is 2.72. The fourth-order valence-corrected chi connectivity index (χ4v) is 1.29. The molecule has 86 valence electrons. The van der Waals surface area contributed by atoms with E-state index in [1.54, 1.807) is 6.07 Å². The summed E-state index contributed by atoms with van der Waals surface area (Å²) in [6, 6.07) is 1.68. The van der Waals surface area contributed by atoms with Crippen molar-refractivity contribution >= 4 is 6.29 Å². The van der Waals surface area contributed by atoms with Crippen LogP contribution in [0.15, 0.2) is 12.3 Å². The zero-order valence-corrected chi connectivity index (χ0v) is 9.47. The molecule has 0 N–H and O–H groups in total. The standard InChI is InChI=1S/C12H15NO3/c1-8(2)15-12-5-11(16-10-3-4-10)9(7-14)6-13-12/h5-8,10H,3-4H2,1-2H3. The van der Waals surface area contributed by atoms with Crippen molar-refractivity contribution in [2.45, 2.75) is 38.9 Å². The lowest BCUT2D eigenvalue weighted by molar-refractivity contribution is 0.111. The van der Waals surface area contributed by atoms with Gasteiger partial charge in [-0.15, -0.1) is 0 Å². The van der Waals surface area contributed by atoms with Gasteiger partial charge in [0.25, 0.3) is 0 Å². The third-order valence-corrected chi connectivity index (χ3v) is 2.17. The molecule has 0 aliphatic heterocycles. The first-order valence-corrected chi connectivity index (χ1v) is 5.47. The first-order chi connectivity index (χ1) is 7.69. The van der Waals surface area contributed by atoms with Crippen LogP contribution in [0.25, 0.3) is 0 Å². The quantitative estimate of drug-likeness (QED) is 0.715. The van der Waals surface area contributed by atoms with Crippen molar-refractivity contribution in [3.63, 3.8) is 0 Å². The molecule has 0 aromatic carbocycles. The van der Waals surface area contributed by atoms with Crippen LogP contribution in [0.4, 0.5) is 0 Å². The fraction of sp³-hybridized carbons (Fsp3) is 0.500. The highest BCUT2D eigenvalue weighted by atomic mass is 16.5. The lowest BCUT2D eigenvalue weighted by Gasteiger charge is -2.11. The lowest BCUT2D eigenvalue weighted by atomic mass is 10.3. The molecule has 2 rings (SSSR count). The van der Waals surface area contributed by atoms with Gasteiger partial charge in [0.2, 0.25) is 5.88 Å². The largest absolute Gasteiger partial charge is 0.489 e. The molecule has 16 heavy (non-hydrogen) atoms. The van der Waals surface area contributed by atoms with Crippen LogP contribution in [0.2, 0.25) is 0 Å². The van der Waals surface area contributed by atoms with E-state index in [2.05, 4.69) is 4.98 Å². The molecule has 0 radical (unpaired) electrons. The van der Waals surface area contributed by atoms with Gasteiger partial charge in [0, 0.05) is 12.3 Å². The Hall–Kier alpha value is -1.58. The summed E-state index contributed by atoms with van der Waals surface area (Å²) in [5.41, 5.74) is 0.475. The van der Waals surface area contributed by atoms with Crippen LogP contribution < -0.4 is 9.47 Å². The Bertz CT molecular complexity index is 386. The SMILES string of the molecule is CC(C)Oc1cc(OC2CC2)c(C=O)cn1. The van der Waals surface area contributed by atoms with E-state index >= 15 is 0 Å². The molecule has 1 heterocycles. The number of pyridine rings is 1. The minimum absolute atomic E-state index is 0.0587. The smallest absolute Gasteiger partial charge is 0.217 e. The number of rotatable bonds is 5.